The highest BCUT2D eigenvalue weighted by Gasteiger charge is 2.30. The van der Waals surface area contributed by atoms with E-state index in [2.05, 4.69) is 21.8 Å². The predicted octanol–water partition coefficient (Wildman–Crippen LogP) is 2.94. The molecule has 0 spiro atoms. The molecule has 0 N–H and O–H groups in total. The molecular weight excluding hydrogens is 334 g/mol. The highest BCUT2D eigenvalue weighted by Crippen LogP contribution is 2.36. The van der Waals surface area contributed by atoms with Gasteiger partial charge in [-0.1, -0.05) is 13.0 Å². The third-order valence-electron chi connectivity index (χ3n) is 4.76. The number of aromatic nitrogens is 2. The molecule has 1 aromatic heterocycles. The first-order chi connectivity index (χ1) is 12.5. The predicted molar refractivity (Wildman–Crippen MR) is 99.0 cm³/mol. The molecule has 8 heteroatoms. The number of aryl methyl sites for hydroxylation is 2. The van der Waals surface area contributed by atoms with Gasteiger partial charge in [0.25, 0.3) is 0 Å². The van der Waals surface area contributed by atoms with Gasteiger partial charge in [0, 0.05) is 26.2 Å². The number of anilines is 1. The standard InChI is InChI=1S/C18H23N5O3/c1-4-21-7-9-22(10-8-21)17-16(23(24)25)18(20-12-19-17)26-15-6-5-13(2)14(3)11-15/h5-6,11-12H,4,7-10H2,1-3H3. The molecule has 0 saturated carbocycles. The Morgan fingerprint density at radius 1 is 1.15 bits per heavy atom. The fourth-order valence-corrected chi connectivity index (χ4v) is 2.98. The first-order valence-corrected chi connectivity index (χ1v) is 8.71. The second-order valence-corrected chi connectivity index (χ2v) is 6.38. The highest BCUT2D eigenvalue weighted by atomic mass is 16.6. The van der Waals surface area contributed by atoms with Gasteiger partial charge >= 0.3 is 11.6 Å². The number of hydrogen-bond donors (Lipinski definition) is 0. The summed E-state index contributed by atoms with van der Waals surface area (Å²) in [5.74, 6) is 0.817. The Balaban J connectivity index is 1.91. The summed E-state index contributed by atoms with van der Waals surface area (Å²) >= 11 is 0. The monoisotopic (exact) mass is 357 g/mol. The van der Waals surface area contributed by atoms with E-state index in [1.165, 1.54) is 6.33 Å². The Morgan fingerprint density at radius 2 is 1.88 bits per heavy atom. The van der Waals surface area contributed by atoms with Gasteiger partial charge in [0.05, 0.1) is 4.92 Å². The molecule has 26 heavy (non-hydrogen) atoms. The topological polar surface area (TPSA) is 84.6 Å². The van der Waals surface area contributed by atoms with Crippen LogP contribution >= 0.6 is 0 Å². The third kappa shape index (κ3) is 3.75. The smallest absolute Gasteiger partial charge is 0.373 e. The van der Waals surface area contributed by atoms with Crippen molar-refractivity contribution in [3.8, 4) is 11.6 Å². The van der Waals surface area contributed by atoms with Crippen LogP contribution in [-0.2, 0) is 0 Å². The minimum absolute atomic E-state index is 0.0267. The fraction of sp³-hybridized carbons (Fsp3) is 0.444. The van der Waals surface area contributed by atoms with E-state index in [9.17, 15) is 10.1 Å². The molecule has 1 aromatic carbocycles. The summed E-state index contributed by atoms with van der Waals surface area (Å²) < 4.78 is 5.75. The van der Waals surface area contributed by atoms with Crippen LogP contribution in [-0.4, -0.2) is 52.5 Å². The molecule has 0 unspecified atom stereocenters. The lowest BCUT2D eigenvalue weighted by atomic mass is 10.1. The van der Waals surface area contributed by atoms with Crippen LogP contribution in [0.3, 0.4) is 0 Å². The van der Waals surface area contributed by atoms with Crippen LogP contribution in [0.1, 0.15) is 18.1 Å². The first-order valence-electron chi connectivity index (χ1n) is 8.71. The Labute approximate surface area is 152 Å². The van der Waals surface area contributed by atoms with Gasteiger partial charge in [0.2, 0.25) is 5.82 Å². The van der Waals surface area contributed by atoms with Crippen molar-refractivity contribution in [2.75, 3.05) is 37.6 Å². The second kappa shape index (κ2) is 7.65. The molecule has 1 fully saturated rings. The number of likely N-dealkylation sites (N-methyl/N-ethyl adjacent to an activating group) is 1. The van der Waals surface area contributed by atoms with E-state index in [4.69, 9.17) is 4.74 Å². The lowest BCUT2D eigenvalue weighted by Crippen LogP contribution is -2.46. The number of piperazine rings is 1. The van der Waals surface area contributed by atoms with Crippen LogP contribution in [0, 0.1) is 24.0 Å². The number of nitro groups is 1. The Kier molecular flexibility index (Phi) is 5.32. The number of ether oxygens (including phenoxy) is 1. The minimum Gasteiger partial charge on any atom is -0.434 e. The van der Waals surface area contributed by atoms with Gasteiger partial charge in [-0.25, -0.2) is 4.98 Å². The molecule has 1 saturated heterocycles. The average molecular weight is 357 g/mol. The van der Waals surface area contributed by atoms with Crippen LogP contribution in [0.2, 0.25) is 0 Å². The number of hydrogen-bond acceptors (Lipinski definition) is 7. The molecule has 0 radical (unpaired) electrons. The van der Waals surface area contributed by atoms with Gasteiger partial charge in [-0.3, -0.25) is 10.1 Å². The largest absolute Gasteiger partial charge is 0.434 e. The van der Waals surface area contributed by atoms with Crippen LogP contribution in [0.25, 0.3) is 0 Å². The summed E-state index contributed by atoms with van der Waals surface area (Å²) in [5, 5.41) is 11.7. The summed E-state index contributed by atoms with van der Waals surface area (Å²) in [5.41, 5.74) is 2.00. The SMILES string of the molecule is CCN1CCN(c2ncnc(Oc3ccc(C)c(C)c3)c2[N+](=O)[O-])CC1. The fourth-order valence-electron chi connectivity index (χ4n) is 2.98. The maximum absolute atomic E-state index is 11.7. The van der Waals surface area contributed by atoms with Gasteiger partial charge in [0.15, 0.2) is 0 Å². The van der Waals surface area contributed by atoms with Gasteiger partial charge in [-0.15, -0.1) is 0 Å². The second-order valence-electron chi connectivity index (χ2n) is 6.38. The van der Waals surface area contributed by atoms with E-state index in [1.54, 1.807) is 6.07 Å². The quantitative estimate of drug-likeness (QED) is 0.601. The van der Waals surface area contributed by atoms with Crippen molar-refractivity contribution in [1.29, 1.82) is 0 Å². The summed E-state index contributed by atoms with van der Waals surface area (Å²) in [6.07, 6.45) is 1.32. The molecule has 3 rings (SSSR count). The summed E-state index contributed by atoms with van der Waals surface area (Å²) in [6.45, 7) is 10.1. The van der Waals surface area contributed by atoms with E-state index in [0.717, 1.165) is 30.8 Å². The van der Waals surface area contributed by atoms with Crippen molar-refractivity contribution >= 4 is 11.5 Å². The lowest BCUT2D eigenvalue weighted by Gasteiger charge is -2.34. The van der Waals surface area contributed by atoms with Crippen molar-refractivity contribution in [2.24, 2.45) is 0 Å². The Morgan fingerprint density at radius 3 is 2.50 bits per heavy atom. The van der Waals surface area contributed by atoms with E-state index < -0.39 is 4.92 Å². The molecule has 2 heterocycles. The lowest BCUT2D eigenvalue weighted by molar-refractivity contribution is -0.385. The molecule has 0 bridgehead atoms. The van der Waals surface area contributed by atoms with Gasteiger partial charge in [-0.2, -0.15) is 4.98 Å². The minimum atomic E-state index is -0.460. The van der Waals surface area contributed by atoms with Crippen molar-refractivity contribution in [3.63, 3.8) is 0 Å². The molecule has 0 atom stereocenters. The maximum atomic E-state index is 11.7. The summed E-state index contributed by atoms with van der Waals surface area (Å²) in [7, 11) is 0. The van der Waals surface area contributed by atoms with E-state index in [-0.39, 0.29) is 11.6 Å². The maximum Gasteiger partial charge on any atom is 0.373 e. The molecular formula is C18H23N5O3. The van der Waals surface area contributed by atoms with Crippen molar-refractivity contribution in [1.82, 2.24) is 14.9 Å². The zero-order valence-electron chi connectivity index (χ0n) is 15.3. The zero-order valence-corrected chi connectivity index (χ0v) is 15.3. The van der Waals surface area contributed by atoms with E-state index in [1.807, 2.05) is 30.9 Å². The average Bonchev–Trinajstić information content (AvgIpc) is 2.64. The molecule has 8 nitrogen and oxygen atoms in total. The van der Waals surface area contributed by atoms with Crippen molar-refractivity contribution in [3.05, 3.63) is 45.8 Å². The number of rotatable bonds is 5. The Hall–Kier alpha value is -2.74. The number of nitrogens with zero attached hydrogens (tertiary/aromatic N) is 5. The van der Waals surface area contributed by atoms with Crippen LogP contribution in [0.4, 0.5) is 11.5 Å². The molecule has 0 amide bonds. The first kappa shape index (κ1) is 18.1. The normalized spacial score (nSPS) is 15.1. The summed E-state index contributed by atoms with van der Waals surface area (Å²) in [4.78, 5) is 23.7. The molecule has 1 aliphatic heterocycles. The molecule has 0 aliphatic carbocycles. The van der Waals surface area contributed by atoms with E-state index in [0.29, 0.717) is 24.7 Å². The van der Waals surface area contributed by atoms with Crippen LogP contribution in [0.15, 0.2) is 24.5 Å². The summed E-state index contributed by atoms with van der Waals surface area (Å²) in [6, 6.07) is 5.55. The van der Waals surface area contributed by atoms with Crippen molar-refractivity contribution < 1.29 is 9.66 Å². The van der Waals surface area contributed by atoms with Crippen LogP contribution < -0.4 is 9.64 Å². The van der Waals surface area contributed by atoms with Crippen molar-refractivity contribution in [2.45, 2.75) is 20.8 Å². The van der Waals surface area contributed by atoms with Gasteiger partial charge in [0.1, 0.15) is 12.1 Å². The molecule has 1 aliphatic rings. The van der Waals surface area contributed by atoms with E-state index >= 15 is 0 Å². The zero-order chi connectivity index (χ0) is 18.7. The van der Waals surface area contributed by atoms with Crippen LogP contribution in [0.5, 0.6) is 11.6 Å². The molecule has 138 valence electrons. The molecule has 2 aromatic rings. The Bertz CT molecular complexity index is 803. The third-order valence-corrected chi connectivity index (χ3v) is 4.76. The van der Waals surface area contributed by atoms with Gasteiger partial charge < -0.3 is 14.5 Å². The van der Waals surface area contributed by atoms with Gasteiger partial charge in [-0.05, 0) is 43.7 Å². The highest BCUT2D eigenvalue weighted by molar-refractivity contribution is 5.63. The number of benzene rings is 1.